The molecule has 1 N–H and O–H groups in total. The van der Waals surface area contributed by atoms with E-state index < -0.39 is 0 Å². The highest BCUT2D eigenvalue weighted by atomic mass is 35.5. The molecular formula is C21H22ClN3S. The van der Waals surface area contributed by atoms with Gasteiger partial charge in [0.15, 0.2) is 0 Å². The molecule has 0 amide bonds. The van der Waals surface area contributed by atoms with Gasteiger partial charge in [-0.2, -0.15) is 0 Å². The molecule has 0 bridgehead atoms. The smallest absolute Gasteiger partial charge is 0.126 e. The Labute approximate surface area is 163 Å². The second kappa shape index (κ2) is 7.77. The Morgan fingerprint density at radius 3 is 2.77 bits per heavy atom. The summed E-state index contributed by atoms with van der Waals surface area (Å²) < 4.78 is 0. The number of aryl methyl sites for hydroxylation is 1. The summed E-state index contributed by atoms with van der Waals surface area (Å²) in [6.07, 6.45) is 7.91. The highest BCUT2D eigenvalue weighted by Crippen LogP contribution is 2.38. The average Bonchev–Trinajstić information content (AvgIpc) is 3.31. The quantitative estimate of drug-likeness (QED) is 0.550. The number of nitrogens with zero attached hydrogens (tertiary/aromatic N) is 2. The van der Waals surface area contributed by atoms with Crippen molar-refractivity contribution < 1.29 is 0 Å². The van der Waals surface area contributed by atoms with Crippen LogP contribution < -0.4 is 5.32 Å². The lowest BCUT2D eigenvalue weighted by molar-refractivity contribution is 0.750. The maximum absolute atomic E-state index is 6.21. The van der Waals surface area contributed by atoms with E-state index in [0.717, 1.165) is 39.1 Å². The van der Waals surface area contributed by atoms with Gasteiger partial charge in [0.2, 0.25) is 0 Å². The summed E-state index contributed by atoms with van der Waals surface area (Å²) in [6, 6.07) is 12.7. The van der Waals surface area contributed by atoms with Crippen LogP contribution in [0.3, 0.4) is 0 Å². The fourth-order valence-corrected chi connectivity index (χ4v) is 4.68. The third-order valence-electron chi connectivity index (χ3n) is 4.80. The topological polar surface area (TPSA) is 37.8 Å². The first-order chi connectivity index (χ1) is 12.7. The van der Waals surface area contributed by atoms with Crippen molar-refractivity contribution in [2.75, 3.05) is 5.32 Å². The van der Waals surface area contributed by atoms with Crippen LogP contribution in [-0.2, 0) is 6.42 Å². The molecule has 0 spiro atoms. The summed E-state index contributed by atoms with van der Waals surface area (Å²) in [4.78, 5) is 10.6. The van der Waals surface area contributed by atoms with Crippen molar-refractivity contribution in [2.45, 2.75) is 45.1 Å². The van der Waals surface area contributed by atoms with E-state index in [2.05, 4.69) is 35.4 Å². The Morgan fingerprint density at radius 2 is 2.00 bits per heavy atom. The fraction of sp³-hybridized carbons (Fsp3) is 0.333. The first-order valence-electron chi connectivity index (χ1n) is 9.21. The van der Waals surface area contributed by atoms with E-state index in [-0.39, 0.29) is 0 Å². The van der Waals surface area contributed by atoms with E-state index in [4.69, 9.17) is 16.6 Å². The van der Waals surface area contributed by atoms with Crippen LogP contribution in [0.25, 0.3) is 21.7 Å². The minimum Gasteiger partial charge on any atom is -0.367 e. The van der Waals surface area contributed by atoms with Gasteiger partial charge >= 0.3 is 0 Å². The summed E-state index contributed by atoms with van der Waals surface area (Å²) >= 11 is 7.96. The molecule has 1 aromatic carbocycles. The number of nitrogens with one attached hydrogen (secondary N) is 1. The van der Waals surface area contributed by atoms with Gasteiger partial charge in [-0.05, 0) is 49.1 Å². The van der Waals surface area contributed by atoms with Gasteiger partial charge in [0.1, 0.15) is 5.82 Å². The zero-order valence-corrected chi connectivity index (χ0v) is 16.4. The van der Waals surface area contributed by atoms with Crippen molar-refractivity contribution >= 4 is 28.8 Å². The molecule has 0 unspecified atom stereocenters. The molecule has 4 rings (SSSR count). The molecule has 134 valence electrons. The highest BCUT2D eigenvalue weighted by Gasteiger charge is 2.17. The molecule has 1 saturated carbocycles. The summed E-state index contributed by atoms with van der Waals surface area (Å²) in [6.45, 7) is 2.14. The van der Waals surface area contributed by atoms with Crippen molar-refractivity contribution in [1.29, 1.82) is 0 Å². The number of pyridine rings is 1. The van der Waals surface area contributed by atoms with Crippen LogP contribution in [0.1, 0.15) is 37.6 Å². The average molecular weight is 384 g/mol. The molecule has 3 aromatic rings. The number of anilines is 1. The lowest BCUT2D eigenvalue weighted by Crippen LogP contribution is -2.15. The summed E-state index contributed by atoms with van der Waals surface area (Å²) in [7, 11) is 0. The molecule has 3 nitrogen and oxygen atoms in total. The first kappa shape index (κ1) is 17.5. The van der Waals surface area contributed by atoms with E-state index >= 15 is 0 Å². The number of aromatic nitrogens is 2. The van der Waals surface area contributed by atoms with Gasteiger partial charge in [0, 0.05) is 22.8 Å². The molecule has 0 atom stereocenters. The fourth-order valence-electron chi connectivity index (χ4n) is 3.47. The van der Waals surface area contributed by atoms with Gasteiger partial charge < -0.3 is 5.32 Å². The highest BCUT2D eigenvalue weighted by molar-refractivity contribution is 7.15. The Balaban J connectivity index is 1.72. The number of rotatable bonds is 5. The first-order valence-corrected chi connectivity index (χ1v) is 10.4. The zero-order valence-electron chi connectivity index (χ0n) is 14.8. The van der Waals surface area contributed by atoms with Crippen LogP contribution in [0.5, 0.6) is 0 Å². The van der Waals surface area contributed by atoms with Crippen LogP contribution >= 0.6 is 22.9 Å². The molecule has 26 heavy (non-hydrogen) atoms. The van der Waals surface area contributed by atoms with Gasteiger partial charge in [-0.3, -0.25) is 0 Å². The van der Waals surface area contributed by atoms with Crippen LogP contribution in [0.4, 0.5) is 5.82 Å². The molecule has 0 saturated heterocycles. The van der Waals surface area contributed by atoms with Crippen molar-refractivity contribution in [3.63, 3.8) is 0 Å². The van der Waals surface area contributed by atoms with E-state index in [9.17, 15) is 0 Å². The second-order valence-electron chi connectivity index (χ2n) is 6.70. The van der Waals surface area contributed by atoms with Crippen molar-refractivity contribution in [3.8, 4) is 21.7 Å². The predicted octanol–water partition coefficient (Wildman–Crippen LogP) is 6.44. The Bertz CT molecular complexity index is 900. The summed E-state index contributed by atoms with van der Waals surface area (Å²) in [5, 5.41) is 5.46. The minimum atomic E-state index is 0.554. The SMILES string of the molecule is CCc1nc(-c2cccc(Cl)c2)c(-c2ccnc(NC3CCCC3)c2)s1. The van der Waals surface area contributed by atoms with Crippen LogP contribution in [0.2, 0.25) is 5.02 Å². The molecule has 0 radical (unpaired) electrons. The maximum atomic E-state index is 6.21. The molecule has 1 aliphatic rings. The van der Waals surface area contributed by atoms with Crippen LogP contribution in [-0.4, -0.2) is 16.0 Å². The lowest BCUT2D eigenvalue weighted by atomic mass is 10.1. The predicted molar refractivity (Wildman–Crippen MR) is 111 cm³/mol. The molecular weight excluding hydrogens is 362 g/mol. The van der Waals surface area contributed by atoms with Crippen molar-refractivity contribution in [3.05, 3.63) is 52.6 Å². The zero-order chi connectivity index (χ0) is 17.9. The van der Waals surface area contributed by atoms with E-state index in [1.54, 1.807) is 11.3 Å². The minimum absolute atomic E-state index is 0.554. The van der Waals surface area contributed by atoms with Crippen LogP contribution in [0, 0.1) is 0 Å². The maximum Gasteiger partial charge on any atom is 0.126 e. The third kappa shape index (κ3) is 3.76. The Morgan fingerprint density at radius 1 is 1.15 bits per heavy atom. The second-order valence-corrected chi connectivity index (χ2v) is 8.22. The molecule has 5 heteroatoms. The van der Waals surface area contributed by atoms with E-state index in [0.29, 0.717) is 6.04 Å². The summed E-state index contributed by atoms with van der Waals surface area (Å²) in [5.74, 6) is 0.956. The summed E-state index contributed by atoms with van der Waals surface area (Å²) in [5.41, 5.74) is 3.23. The number of benzene rings is 1. The van der Waals surface area contributed by atoms with Gasteiger partial charge in [0.05, 0.1) is 15.6 Å². The number of thiazole rings is 1. The van der Waals surface area contributed by atoms with Gasteiger partial charge in [-0.15, -0.1) is 11.3 Å². The Hall–Kier alpha value is -1.91. The van der Waals surface area contributed by atoms with Crippen molar-refractivity contribution in [1.82, 2.24) is 9.97 Å². The molecule has 0 aliphatic heterocycles. The number of hydrogen-bond donors (Lipinski definition) is 1. The standard InChI is InChI=1S/C21H22ClN3S/c1-2-19-25-20(14-6-5-7-16(22)12-14)21(26-19)15-10-11-23-18(13-15)24-17-8-3-4-9-17/h5-7,10-13,17H,2-4,8-9H2,1H3,(H,23,24). The largest absolute Gasteiger partial charge is 0.367 e. The molecule has 2 heterocycles. The van der Waals surface area contributed by atoms with Gasteiger partial charge in [-0.25, -0.2) is 9.97 Å². The van der Waals surface area contributed by atoms with E-state index in [1.165, 1.54) is 30.6 Å². The van der Waals surface area contributed by atoms with Crippen molar-refractivity contribution in [2.24, 2.45) is 0 Å². The van der Waals surface area contributed by atoms with Gasteiger partial charge in [-0.1, -0.05) is 43.5 Å². The molecule has 1 aliphatic carbocycles. The normalized spacial score (nSPS) is 14.7. The third-order valence-corrected chi connectivity index (χ3v) is 6.29. The van der Waals surface area contributed by atoms with E-state index in [1.807, 2.05) is 24.4 Å². The lowest BCUT2D eigenvalue weighted by Gasteiger charge is -2.13. The molecule has 2 aromatic heterocycles. The van der Waals surface area contributed by atoms with Crippen LogP contribution in [0.15, 0.2) is 42.6 Å². The Kier molecular flexibility index (Phi) is 5.23. The van der Waals surface area contributed by atoms with Gasteiger partial charge in [0.25, 0.3) is 0 Å². The number of halogens is 1. The monoisotopic (exact) mass is 383 g/mol. The molecule has 1 fully saturated rings. The number of hydrogen-bond acceptors (Lipinski definition) is 4.